The standard InChI is InChI=1S/C24H22ClN3O2S/c1-27-11-9-20(10-12-27)30-22-7-6-19(15-26-22)28-13-8-17-14-21(31-23(17)24(28)29)16-2-4-18(25)5-3-16/h2-8,13-15,20H,9-12H2,1H3. The molecule has 0 amide bonds. The van der Waals surface area contributed by atoms with Gasteiger partial charge in [-0.15, -0.1) is 11.3 Å². The molecule has 0 unspecified atom stereocenters. The fraction of sp³-hybridized carbons (Fsp3) is 0.250. The number of piperidine rings is 1. The first kappa shape index (κ1) is 20.2. The first-order chi connectivity index (χ1) is 15.1. The zero-order valence-electron chi connectivity index (χ0n) is 17.1. The van der Waals surface area contributed by atoms with E-state index in [0.717, 1.165) is 52.1 Å². The first-order valence-electron chi connectivity index (χ1n) is 10.3. The molecule has 5 nitrogen and oxygen atoms in total. The van der Waals surface area contributed by atoms with E-state index in [9.17, 15) is 4.79 Å². The molecule has 31 heavy (non-hydrogen) atoms. The zero-order valence-corrected chi connectivity index (χ0v) is 18.7. The molecule has 158 valence electrons. The summed E-state index contributed by atoms with van der Waals surface area (Å²) in [6.45, 7) is 2.08. The van der Waals surface area contributed by atoms with Crippen molar-refractivity contribution < 1.29 is 4.74 Å². The van der Waals surface area contributed by atoms with Gasteiger partial charge in [-0.3, -0.25) is 9.36 Å². The Kier molecular flexibility index (Phi) is 5.52. The van der Waals surface area contributed by atoms with Crippen LogP contribution in [0.5, 0.6) is 5.88 Å². The fourth-order valence-corrected chi connectivity index (χ4v) is 5.06. The number of hydrogen-bond donors (Lipinski definition) is 0. The number of hydrogen-bond acceptors (Lipinski definition) is 5. The van der Waals surface area contributed by atoms with Gasteiger partial charge in [-0.05, 0) is 55.8 Å². The van der Waals surface area contributed by atoms with Gasteiger partial charge in [0.2, 0.25) is 5.88 Å². The molecule has 4 aromatic rings. The predicted octanol–water partition coefficient (Wildman–Crippen LogP) is 5.24. The maximum absolute atomic E-state index is 13.1. The molecule has 0 bridgehead atoms. The van der Waals surface area contributed by atoms with Crippen molar-refractivity contribution in [2.75, 3.05) is 20.1 Å². The van der Waals surface area contributed by atoms with Crippen molar-refractivity contribution in [2.45, 2.75) is 18.9 Å². The van der Waals surface area contributed by atoms with Gasteiger partial charge in [0.05, 0.1) is 11.9 Å². The molecule has 1 aliphatic rings. The number of thiophene rings is 1. The van der Waals surface area contributed by atoms with Crippen LogP contribution in [-0.4, -0.2) is 40.7 Å². The van der Waals surface area contributed by atoms with Crippen molar-refractivity contribution in [3.63, 3.8) is 0 Å². The Morgan fingerprint density at radius 1 is 1.10 bits per heavy atom. The summed E-state index contributed by atoms with van der Waals surface area (Å²) in [6, 6.07) is 15.4. The van der Waals surface area contributed by atoms with E-state index in [1.165, 1.54) is 11.3 Å². The van der Waals surface area contributed by atoms with Crippen molar-refractivity contribution in [3.8, 4) is 22.0 Å². The molecule has 3 aromatic heterocycles. The summed E-state index contributed by atoms with van der Waals surface area (Å²) in [6.07, 6.45) is 5.71. The molecule has 0 atom stereocenters. The summed E-state index contributed by atoms with van der Waals surface area (Å²) >= 11 is 7.49. The zero-order chi connectivity index (χ0) is 21.4. The molecule has 5 rings (SSSR count). The molecule has 1 aliphatic heterocycles. The average molecular weight is 452 g/mol. The molecule has 0 N–H and O–H groups in total. The fourth-order valence-electron chi connectivity index (χ4n) is 3.85. The highest BCUT2D eigenvalue weighted by Gasteiger charge is 2.18. The van der Waals surface area contributed by atoms with Crippen molar-refractivity contribution in [1.29, 1.82) is 0 Å². The van der Waals surface area contributed by atoms with Crippen molar-refractivity contribution in [1.82, 2.24) is 14.5 Å². The van der Waals surface area contributed by atoms with Gasteiger partial charge in [0.1, 0.15) is 10.8 Å². The molecule has 1 fully saturated rings. The molecule has 0 aliphatic carbocycles. The number of pyridine rings is 2. The maximum atomic E-state index is 13.1. The van der Waals surface area contributed by atoms with E-state index in [4.69, 9.17) is 16.3 Å². The average Bonchev–Trinajstić information content (AvgIpc) is 3.22. The van der Waals surface area contributed by atoms with Gasteiger partial charge in [-0.2, -0.15) is 0 Å². The van der Waals surface area contributed by atoms with Crippen LogP contribution in [0.15, 0.2) is 65.7 Å². The summed E-state index contributed by atoms with van der Waals surface area (Å²) in [5.41, 5.74) is 1.73. The Morgan fingerprint density at radius 2 is 1.87 bits per heavy atom. The normalized spacial score (nSPS) is 15.4. The topological polar surface area (TPSA) is 47.4 Å². The number of benzene rings is 1. The second-order valence-corrected chi connectivity index (χ2v) is 9.36. The van der Waals surface area contributed by atoms with E-state index < -0.39 is 0 Å². The molecular formula is C24H22ClN3O2S. The monoisotopic (exact) mass is 451 g/mol. The van der Waals surface area contributed by atoms with Crippen molar-refractivity contribution in [3.05, 3.63) is 76.3 Å². The lowest BCUT2D eigenvalue weighted by atomic mass is 10.1. The maximum Gasteiger partial charge on any atom is 0.273 e. The summed E-state index contributed by atoms with van der Waals surface area (Å²) in [5.74, 6) is 0.605. The number of nitrogens with zero attached hydrogens (tertiary/aromatic N) is 3. The third-order valence-corrected chi connectivity index (χ3v) is 7.10. The summed E-state index contributed by atoms with van der Waals surface area (Å²) < 4.78 is 8.38. The number of ether oxygens (including phenoxy) is 1. The van der Waals surface area contributed by atoms with Gasteiger partial charge in [0.25, 0.3) is 5.56 Å². The second kappa shape index (κ2) is 8.46. The molecule has 1 saturated heterocycles. The SMILES string of the molecule is CN1CCC(Oc2ccc(-n3ccc4cc(-c5ccc(Cl)cc5)sc4c3=O)cn2)CC1. The lowest BCUT2D eigenvalue weighted by Crippen LogP contribution is -2.35. The number of fused-ring (bicyclic) bond motifs is 1. The van der Waals surface area contributed by atoms with Crippen LogP contribution < -0.4 is 10.3 Å². The third kappa shape index (κ3) is 4.24. The van der Waals surface area contributed by atoms with Crippen LogP contribution in [0.25, 0.3) is 26.2 Å². The Morgan fingerprint density at radius 3 is 2.58 bits per heavy atom. The van der Waals surface area contributed by atoms with Gasteiger partial charge in [-0.25, -0.2) is 4.98 Å². The lowest BCUT2D eigenvalue weighted by Gasteiger charge is -2.28. The van der Waals surface area contributed by atoms with Crippen LogP contribution >= 0.6 is 22.9 Å². The molecule has 0 spiro atoms. The van der Waals surface area contributed by atoms with Crippen molar-refractivity contribution >= 4 is 33.0 Å². The minimum atomic E-state index is -0.0477. The van der Waals surface area contributed by atoms with Gasteiger partial charge in [0.15, 0.2) is 0 Å². The first-order valence-corrected chi connectivity index (χ1v) is 11.5. The molecule has 4 heterocycles. The van der Waals surface area contributed by atoms with E-state index in [-0.39, 0.29) is 11.7 Å². The highest BCUT2D eigenvalue weighted by atomic mass is 35.5. The van der Waals surface area contributed by atoms with Crippen LogP contribution in [0.4, 0.5) is 0 Å². The quantitative estimate of drug-likeness (QED) is 0.425. The van der Waals surface area contributed by atoms with Crippen LogP contribution in [0.2, 0.25) is 5.02 Å². The van der Waals surface area contributed by atoms with Crippen LogP contribution in [0.3, 0.4) is 0 Å². The summed E-state index contributed by atoms with van der Waals surface area (Å²) in [4.78, 5) is 20.9. The van der Waals surface area contributed by atoms with Crippen LogP contribution in [0.1, 0.15) is 12.8 Å². The van der Waals surface area contributed by atoms with Gasteiger partial charge in [-0.1, -0.05) is 23.7 Å². The van der Waals surface area contributed by atoms with E-state index in [1.807, 2.05) is 48.5 Å². The highest BCUT2D eigenvalue weighted by Crippen LogP contribution is 2.32. The largest absolute Gasteiger partial charge is 0.474 e. The van der Waals surface area contributed by atoms with Crippen molar-refractivity contribution in [2.24, 2.45) is 0 Å². The molecular weight excluding hydrogens is 430 g/mol. The van der Waals surface area contributed by atoms with E-state index in [0.29, 0.717) is 10.9 Å². The predicted molar refractivity (Wildman–Crippen MR) is 127 cm³/mol. The Balaban J connectivity index is 1.40. The van der Waals surface area contributed by atoms with Crippen LogP contribution in [-0.2, 0) is 0 Å². The van der Waals surface area contributed by atoms with Crippen LogP contribution in [0, 0.1) is 0 Å². The third-order valence-electron chi connectivity index (χ3n) is 5.66. The second-order valence-electron chi connectivity index (χ2n) is 7.87. The Hall–Kier alpha value is -2.67. The summed E-state index contributed by atoms with van der Waals surface area (Å²) in [5, 5.41) is 1.63. The molecule has 7 heteroatoms. The number of rotatable bonds is 4. The van der Waals surface area contributed by atoms with E-state index >= 15 is 0 Å². The Bertz CT molecular complexity index is 1260. The number of halogens is 1. The van der Waals surface area contributed by atoms with E-state index in [1.54, 1.807) is 17.0 Å². The number of aromatic nitrogens is 2. The highest BCUT2D eigenvalue weighted by molar-refractivity contribution is 7.22. The van der Waals surface area contributed by atoms with E-state index in [2.05, 4.69) is 16.9 Å². The molecule has 1 aromatic carbocycles. The lowest BCUT2D eigenvalue weighted by molar-refractivity contribution is 0.110. The Labute approximate surface area is 189 Å². The number of likely N-dealkylation sites (tertiary alicyclic amines) is 1. The van der Waals surface area contributed by atoms with Gasteiger partial charge in [0, 0.05) is 40.6 Å². The minimum Gasteiger partial charge on any atom is -0.474 e. The van der Waals surface area contributed by atoms with Gasteiger partial charge >= 0.3 is 0 Å². The van der Waals surface area contributed by atoms with Gasteiger partial charge < -0.3 is 9.64 Å². The minimum absolute atomic E-state index is 0.0477. The smallest absolute Gasteiger partial charge is 0.273 e. The summed E-state index contributed by atoms with van der Waals surface area (Å²) in [7, 11) is 2.13. The molecule has 0 radical (unpaired) electrons. The molecule has 0 saturated carbocycles.